The van der Waals surface area contributed by atoms with E-state index in [1.807, 2.05) is 36.3 Å². The number of imidazole rings is 1. The van der Waals surface area contributed by atoms with Gasteiger partial charge < -0.3 is 9.80 Å². The molecule has 4 rings (SSSR count). The zero-order chi connectivity index (χ0) is 19.7. The minimum absolute atomic E-state index is 0.0248. The molecule has 144 valence electrons. The van der Waals surface area contributed by atoms with Gasteiger partial charge in [-0.3, -0.25) is 14.3 Å². The summed E-state index contributed by atoms with van der Waals surface area (Å²) in [4.78, 5) is 34.3. The highest BCUT2D eigenvalue weighted by atomic mass is 16.2. The molecule has 0 unspecified atom stereocenters. The molecule has 0 bridgehead atoms. The summed E-state index contributed by atoms with van der Waals surface area (Å²) in [5.74, 6) is 2.43. The summed E-state index contributed by atoms with van der Waals surface area (Å²) < 4.78 is 1.98. The van der Waals surface area contributed by atoms with Gasteiger partial charge in [0.05, 0.1) is 11.3 Å². The Morgan fingerprint density at radius 1 is 1.04 bits per heavy atom. The van der Waals surface area contributed by atoms with Gasteiger partial charge in [-0.1, -0.05) is 0 Å². The van der Waals surface area contributed by atoms with Crippen LogP contribution in [0, 0.1) is 20.8 Å². The van der Waals surface area contributed by atoms with Gasteiger partial charge in [-0.15, -0.1) is 0 Å². The lowest BCUT2D eigenvalue weighted by Crippen LogP contribution is -2.49. The topological polar surface area (TPSA) is 80.0 Å². The molecule has 0 aliphatic carbocycles. The highest BCUT2D eigenvalue weighted by Gasteiger charge is 2.23. The number of piperazine rings is 1. The second-order valence-corrected chi connectivity index (χ2v) is 6.94. The Balaban J connectivity index is 1.50. The third kappa shape index (κ3) is 3.45. The molecule has 0 radical (unpaired) electrons. The van der Waals surface area contributed by atoms with Crippen molar-refractivity contribution in [1.29, 1.82) is 0 Å². The van der Waals surface area contributed by atoms with Gasteiger partial charge >= 0.3 is 0 Å². The van der Waals surface area contributed by atoms with E-state index >= 15 is 0 Å². The van der Waals surface area contributed by atoms with Crippen LogP contribution in [0.15, 0.2) is 36.9 Å². The molecule has 4 heterocycles. The predicted octanol–water partition coefficient (Wildman–Crippen LogP) is 1.94. The van der Waals surface area contributed by atoms with Crippen molar-refractivity contribution in [3.05, 3.63) is 59.7 Å². The number of aryl methyl sites for hydroxylation is 2. The smallest absolute Gasteiger partial charge is 0.255 e. The van der Waals surface area contributed by atoms with Crippen molar-refractivity contribution < 1.29 is 4.79 Å². The summed E-state index contributed by atoms with van der Waals surface area (Å²) in [6.07, 6.45) is 5.08. The number of carbonyl (C=O) groups excluding carboxylic acids is 1. The number of amides is 1. The number of aromatic nitrogens is 5. The van der Waals surface area contributed by atoms with Crippen molar-refractivity contribution >= 4 is 11.7 Å². The van der Waals surface area contributed by atoms with Gasteiger partial charge in [0.2, 0.25) is 0 Å². The highest BCUT2D eigenvalue weighted by molar-refractivity contribution is 5.94. The Kier molecular flexibility index (Phi) is 4.77. The first-order valence-electron chi connectivity index (χ1n) is 9.34. The van der Waals surface area contributed by atoms with Crippen molar-refractivity contribution in [3.8, 4) is 5.82 Å². The van der Waals surface area contributed by atoms with E-state index < -0.39 is 0 Å². The van der Waals surface area contributed by atoms with Crippen molar-refractivity contribution in [2.24, 2.45) is 0 Å². The van der Waals surface area contributed by atoms with Crippen LogP contribution in [0.5, 0.6) is 0 Å². The fraction of sp³-hybridized carbons (Fsp3) is 0.350. The maximum absolute atomic E-state index is 12.6. The lowest BCUT2D eigenvalue weighted by atomic mass is 10.2. The minimum Gasteiger partial charge on any atom is -0.353 e. The zero-order valence-electron chi connectivity index (χ0n) is 16.3. The monoisotopic (exact) mass is 377 g/mol. The number of carbonyl (C=O) groups is 1. The lowest BCUT2D eigenvalue weighted by molar-refractivity contribution is 0.0746. The van der Waals surface area contributed by atoms with Gasteiger partial charge in [0.15, 0.2) is 0 Å². The number of pyridine rings is 1. The molecule has 1 aliphatic heterocycles. The van der Waals surface area contributed by atoms with Crippen LogP contribution in [0.3, 0.4) is 0 Å². The molecular weight excluding hydrogens is 354 g/mol. The first kappa shape index (κ1) is 18.1. The van der Waals surface area contributed by atoms with Gasteiger partial charge in [0.25, 0.3) is 5.91 Å². The van der Waals surface area contributed by atoms with Crippen LogP contribution in [0.2, 0.25) is 0 Å². The Hall–Kier alpha value is -3.29. The number of anilines is 1. The van der Waals surface area contributed by atoms with Gasteiger partial charge in [0, 0.05) is 50.3 Å². The molecule has 3 aromatic heterocycles. The Morgan fingerprint density at radius 3 is 2.43 bits per heavy atom. The summed E-state index contributed by atoms with van der Waals surface area (Å²) >= 11 is 0. The first-order chi connectivity index (χ1) is 13.5. The van der Waals surface area contributed by atoms with Crippen LogP contribution in [-0.2, 0) is 0 Å². The van der Waals surface area contributed by atoms with Crippen LogP contribution < -0.4 is 4.90 Å². The number of nitrogens with zero attached hydrogens (tertiary/aromatic N) is 7. The molecule has 0 N–H and O–H groups in total. The van der Waals surface area contributed by atoms with E-state index in [0.717, 1.165) is 36.1 Å². The summed E-state index contributed by atoms with van der Waals surface area (Å²) in [5.41, 5.74) is 2.68. The molecule has 28 heavy (non-hydrogen) atoms. The van der Waals surface area contributed by atoms with Crippen LogP contribution in [-0.4, -0.2) is 61.5 Å². The van der Waals surface area contributed by atoms with Crippen LogP contribution >= 0.6 is 0 Å². The number of hydrogen-bond acceptors (Lipinski definition) is 6. The molecule has 0 atom stereocenters. The normalized spacial score (nSPS) is 14.4. The molecule has 1 aliphatic rings. The van der Waals surface area contributed by atoms with Crippen LogP contribution in [0.1, 0.15) is 27.6 Å². The predicted molar refractivity (Wildman–Crippen MR) is 106 cm³/mol. The Labute approximate surface area is 163 Å². The van der Waals surface area contributed by atoms with E-state index in [1.165, 1.54) is 0 Å². The third-order valence-corrected chi connectivity index (χ3v) is 5.11. The quantitative estimate of drug-likeness (QED) is 0.694. The average Bonchev–Trinajstić information content (AvgIpc) is 3.06. The maximum atomic E-state index is 12.6. The second kappa shape index (κ2) is 7.38. The molecular formula is C20H23N7O. The molecule has 0 saturated carbocycles. The fourth-order valence-corrected chi connectivity index (χ4v) is 3.36. The first-order valence-corrected chi connectivity index (χ1v) is 9.34. The van der Waals surface area contributed by atoms with Gasteiger partial charge in [-0.2, -0.15) is 0 Å². The molecule has 1 saturated heterocycles. The summed E-state index contributed by atoms with van der Waals surface area (Å²) in [5, 5.41) is 0. The molecule has 8 heteroatoms. The maximum Gasteiger partial charge on any atom is 0.255 e. The minimum atomic E-state index is 0.0248. The number of hydrogen-bond donors (Lipinski definition) is 0. The van der Waals surface area contributed by atoms with Crippen LogP contribution in [0.4, 0.5) is 5.82 Å². The summed E-state index contributed by atoms with van der Waals surface area (Å²) in [6, 6.07) is 5.57. The molecule has 8 nitrogen and oxygen atoms in total. The van der Waals surface area contributed by atoms with Crippen molar-refractivity contribution in [2.75, 3.05) is 31.1 Å². The Morgan fingerprint density at radius 2 is 1.79 bits per heavy atom. The van der Waals surface area contributed by atoms with E-state index in [-0.39, 0.29) is 5.91 Å². The average molecular weight is 377 g/mol. The van der Waals surface area contributed by atoms with Crippen molar-refractivity contribution in [2.45, 2.75) is 20.8 Å². The zero-order valence-corrected chi connectivity index (χ0v) is 16.3. The molecule has 1 fully saturated rings. The third-order valence-electron chi connectivity index (χ3n) is 5.11. The molecule has 0 aromatic carbocycles. The van der Waals surface area contributed by atoms with Crippen LogP contribution in [0.25, 0.3) is 5.82 Å². The molecule has 1 amide bonds. The SMILES string of the molecule is Cc1nc(N2CCN(C(=O)c3cccnc3)CC2)cc(-n2cnc(C)c2C)n1. The van der Waals surface area contributed by atoms with Crippen molar-refractivity contribution in [1.82, 2.24) is 29.4 Å². The lowest BCUT2D eigenvalue weighted by Gasteiger charge is -2.35. The van der Waals surface area contributed by atoms with Gasteiger partial charge in [0.1, 0.15) is 23.8 Å². The number of rotatable bonds is 3. The fourth-order valence-electron chi connectivity index (χ4n) is 3.36. The largest absolute Gasteiger partial charge is 0.353 e. The second-order valence-electron chi connectivity index (χ2n) is 6.94. The van der Waals surface area contributed by atoms with E-state index in [1.54, 1.807) is 30.9 Å². The standard InChI is InChI=1S/C20H23N7O/c1-14-15(2)27(13-22-14)19-11-18(23-16(3)24-19)25-7-9-26(10-8-25)20(28)17-5-4-6-21-12-17/h4-6,11-13H,7-10H2,1-3H3. The van der Waals surface area contributed by atoms with Gasteiger partial charge in [-0.05, 0) is 32.9 Å². The Bertz CT molecular complexity index is 991. The van der Waals surface area contributed by atoms with E-state index in [0.29, 0.717) is 24.5 Å². The molecule has 0 spiro atoms. The van der Waals surface area contributed by atoms with E-state index in [9.17, 15) is 4.79 Å². The van der Waals surface area contributed by atoms with E-state index in [2.05, 4.69) is 24.8 Å². The van der Waals surface area contributed by atoms with E-state index in [4.69, 9.17) is 0 Å². The summed E-state index contributed by atoms with van der Waals surface area (Å²) in [7, 11) is 0. The summed E-state index contributed by atoms with van der Waals surface area (Å²) in [6.45, 7) is 8.66. The van der Waals surface area contributed by atoms with Gasteiger partial charge in [-0.25, -0.2) is 15.0 Å². The highest BCUT2D eigenvalue weighted by Crippen LogP contribution is 2.20. The van der Waals surface area contributed by atoms with Crippen molar-refractivity contribution in [3.63, 3.8) is 0 Å². The molecule has 3 aromatic rings.